The average Bonchev–Trinajstić information content (AvgIpc) is 3.43. The minimum atomic E-state index is -4.42. The maximum Gasteiger partial charge on any atom is 0.416 e. The Hall–Kier alpha value is -1.90. The van der Waals surface area contributed by atoms with E-state index in [0.29, 0.717) is 5.56 Å². The van der Waals surface area contributed by atoms with Crippen molar-refractivity contribution < 1.29 is 26.3 Å². The van der Waals surface area contributed by atoms with E-state index in [4.69, 9.17) is 4.74 Å². The van der Waals surface area contributed by atoms with E-state index in [9.17, 15) is 21.6 Å². The standard InChI is InChI=1S/C20H20F3NO3S/c1-28(25,26)24-17(15-7-9-16(10-8-15)20(21,22)23)19(11-12-19)18(24)27-13-14-5-3-2-4-6-14/h2-10,17-18H,11-13H2,1H3/t17-,18-/m0/s1. The zero-order valence-corrected chi connectivity index (χ0v) is 16.0. The summed E-state index contributed by atoms with van der Waals surface area (Å²) in [7, 11) is -3.60. The lowest BCUT2D eigenvalue weighted by Gasteiger charge is -2.54. The van der Waals surface area contributed by atoms with Crippen LogP contribution in [0.2, 0.25) is 0 Å². The van der Waals surface area contributed by atoms with E-state index in [2.05, 4.69) is 0 Å². The molecule has 2 aromatic carbocycles. The lowest BCUT2D eigenvalue weighted by molar-refractivity contribution is -0.184. The van der Waals surface area contributed by atoms with Crippen molar-refractivity contribution in [2.24, 2.45) is 5.41 Å². The van der Waals surface area contributed by atoms with Crippen LogP contribution in [0, 0.1) is 5.41 Å². The molecule has 8 heteroatoms. The van der Waals surface area contributed by atoms with Crippen LogP contribution >= 0.6 is 0 Å². The lowest BCUT2D eigenvalue weighted by atomic mass is 9.80. The molecule has 0 aromatic heterocycles. The van der Waals surface area contributed by atoms with Crippen LogP contribution in [0.15, 0.2) is 54.6 Å². The Bertz CT molecular complexity index is 954. The van der Waals surface area contributed by atoms with Crippen molar-refractivity contribution in [1.82, 2.24) is 4.31 Å². The Kier molecular flexibility index (Phi) is 4.56. The fourth-order valence-corrected chi connectivity index (χ4v) is 5.38. The Morgan fingerprint density at radius 3 is 2.18 bits per heavy atom. The maximum absolute atomic E-state index is 12.8. The van der Waals surface area contributed by atoms with Gasteiger partial charge < -0.3 is 4.74 Å². The van der Waals surface area contributed by atoms with Gasteiger partial charge in [0, 0.05) is 5.41 Å². The van der Waals surface area contributed by atoms with Crippen LogP contribution in [0.1, 0.15) is 35.6 Å². The summed E-state index contributed by atoms with van der Waals surface area (Å²) in [6.45, 7) is 0.277. The fraction of sp³-hybridized carbons (Fsp3) is 0.400. The van der Waals surface area contributed by atoms with Crippen molar-refractivity contribution in [2.75, 3.05) is 6.26 Å². The van der Waals surface area contributed by atoms with Crippen LogP contribution in [0.25, 0.3) is 0 Å². The number of benzene rings is 2. The Labute approximate surface area is 162 Å². The van der Waals surface area contributed by atoms with E-state index in [0.717, 1.165) is 36.8 Å². The van der Waals surface area contributed by atoms with Crippen LogP contribution in [0.3, 0.4) is 0 Å². The minimum Gasteiger partial charge on any atom is -0.357 e. The molecule has 2 aromatic rings. The highest BCUT2D eigenvalue weighted by Crippen LogP contribution is 2.69. The summed E-state index contributed by atoms with van der Waals surface area (Å²) < 4.78 is 70.7. The molecular formula is C20H20F3NO3S. The highest BCUT2D eigenvalue weighted by atomic mass is 32.2. The van der Waals surface area contributed by atoms with Gasteiger partial charge in [-0.05, 0) is 36.1 Å². The zero-order valence-electron chi connectivity index (χ0n) is 15.2. The molecule has 0 radical (unpaired) electrons. The van der Waals surface area contributed by atoms with E-state index < -0.39 is 34.0 Å². The van der Waals surface area contributed by atoms with Gasteiger partial charge in [-0.25, -0.2) is 8.42 Å². The quantitative estimate of drug-likeness (QED) is 0.735. The SMILES string of the molecule is CS(=O)(=O)N1[C@@H](OCc2ccccc2)C2(CC2)[C@@H]1c1ccc(C(F)(F)F)cc1. The largest absolute Gasteiger partial charge is 0.416 e. The Morgan fingerprint density at radius 2 is 1.68 bits per heavy atom. The molecule has 0 bridgehead atoms. The predicted octanol–water partition coefficient (Wildman–Crippen LogP) is 4.34. The summed E-state index contributed by atoms with van der Waals surface area (Å²) in [6, 6.07) is 13.7. The highest BCUT2D eigenvalue weighted by molar-refractivity contribution is 7.88. The van der Waals surface area contributed by atoms with Crippen molar-refractivity contribution in [3.05, 3.63) is 71.3 Å². The van der Waals surface area contributed by atoms with Gasteiger partial charge in [-0.15, -0.1) is 0 Å². The third-order valence-electron chi connectivity index (χ3n) is 5.54. The van der Waals surface area contributed by atoms with Crippen LogP contribution in [0.5, 0.6) is 0 Å². The summed E-state index contributed by atoms with van der Waals surface area (Å²) in [4.78, 5) is 0. The van der Waals surface area contributed by atoms with E-state index in [-0.39, 0.29) is 12.0 Å². The number of sulfonamides is 1. The molecule has 2 atom stereocenters. The topological polar surface area (TPSA) is 46.6 Å². The smallest absolute Gasteiger partial charge is 0.357 e. The summed E-state index contributed by atoms with van der Waals surface area (Å²) in [6.07, 6.45) is -2.35. The maximum atomic E-state index is 12.8. The zero-order chi connectivity index (χ0) is 20.2. The number of ether oxygens (including phenoxy) is 1. The molecule has 0 unspecified atom stereocenters. The third-order valence-corrected chi connectivity index (χ3v) is 6.70. The molecule has 4 rings (SSSR count). The van der Waals surface area contributed by atoms with Gasteiger partial charge in [0.15, 0.2) is 0 Å². The molecule has 1 aliphatic heterocycles. The number of alkyl halides is 3. The molecule has 1 aliphatic carbocycles. The predicted molar refractivity (Wildman–Crippen MR) is 97.6 cm³/mol. The van der Waals surface area contributed by atoms with Crippen molar-refractivity contribution in [2.45, 2.75) is 37.9 Å². The molecule has 0 amide bonds. The minimum absolute atomic E-state index is 0.277. The first-order valence-electron chi connectivity index (χ1n) is 8.94. The summed E-state index contributed by atoms with van der Waals surface area (Å²) in [5, 5.41) is 0. The number of halogens is 3. The first kappa shape index (κ1) is 19.4. The van der Waals surface area contributed by atoms with Crippen molar-refractivity contribution in [3.8, 4) is 0 Å². The van der Waals surface area contributed by atoms with Gasteiger partial charge >= 0.3 is 6.18 Å². The molecule has 1 heterocycles. The van der Waals surface area contributed by atoms with Gasteiger partial charge in [0.2, 0.25) is 10.0 Å². The van der Waals surface area contributed by atoms with Crippen LogP contribution < -0.4 is 0 Å². The number of nitrogens with zero attached hydrogens (tertiary/aromatic N) is 1. The van der Waals surface area contributed by atoms with Crippen LogP contribution in [-0.2, 0) is 27.5 Å². The average molecular weight is 411 g/mol. The van der Waals surface area contributed by atoms with Gasteiger partial charge in [-0.1, -0.05) is 42.5 Å². The Balaban J connectivity index is 1.60. The number of rotatable bonds is 5. The van der Waals surface area contributed by atoms with E-state index in [1.54, 1.807) is 0 Å². The van der Waals surface area contributed by atoms with Gasteiger partial charge in [0.05, 0.1) is 24.5 Å². The lowest BCUT2D eigenvalue weighted by Crippen LogP contribution is -2.62. The summed E-state index contributed by atoms with van der Waals surface area (Å²) in [5.41, 5.74) is 0.390. The second kappa shape index (κ2) is 6.57. The number of hydrogen-bond acceptors (Lipinski definition) is 3. The van der Waals surface area contributed by atoms with Crippen molar-refractivity contribution in [1.29, 1.82) is 0 Å². The fourth-order valence-electron chi connectivity index (χ4n) is 4.05. The molecule has 150 valence electrons. The van der Waals surface area contributed by atoms with E-state index in [1.165, 1.54) is 16.4 Å². The molecule has 4 nitrogen and oxygen atoms in total. The first-order chi connectivity index (χ1) is 13.1. The third kappa shape index (κ3) is 3.33. The molecule has 1 spiro atoms. The monoisotopic (exact) mass is 411 g/mol. The molecule has 2 aliphatic rings. The van der Waals surface area contributed by atoms with E-state index >= 15 is 0 Å². The van der Waals surface area contributed by atoms with Crippen LogP contribution in [-0.4, -0.2) is 25.2 Å². The molecule has 2 fully saturated rings. The molecule has 0 N–H and O–H groups in total. The van der Waals surface area contributed by atoms with Gasteiger partial charge in [0.25, 0.3) is 0 Å². The molecular weight excluding hydrogens is 391 g/mol. The second-order valence-corrected chi connectivity index (χ2v) is 9.39. The molecule has 1 saturated heterocycles. The molecule has 28 heavy (non-hydrogen) atoms. The first-order valence-corrected chi connectivity index (χ1v) is 10.8. The van der Waals surface area contributed by atoms with Gasteiger partial charge in [-0.3, -0.25) is 0 Å². The van der Waals surface area contributed by atoms with E-state index in [1.807, 2.05) is 30.3 Å². The highest BCUT2D eigenvalue weighted by Gasteiger charge is 2.71. The van der Waals surface area contributed by atoms with Crippen molar-refractivity contribution in [3.63, 3.8) is 0 Å². The summed E-state index contributed by atoms with van der Waals surface area (Å²) in [5.74, 6) is 0. The van der Waals surface area contributed by atoms with Gasteiger partial charge in [0.1, 0.15) is 6.23 Å². The Morgan fingerprint density at radius 1 is 1.07 bits per heavy atom. The number of hydrogen-bond donors (Lipinski definition) is 0. The molecule has 1 saturated carbocycles. The van der Waals surface area contributed by atoms with Gasteiger partial charge in [-0.2, -0.15) is 17.5 Å². The van der Waals surface area contributed by atoms with Crippen LogP contribution in [0.4, 0.5) is 13.2 Å². The summed E-state index contributed by atoms with van der Waals surface area (Å²) >= 11 is 0. The second-order valence-electron chi connectivity index (χ2n) is 7.50. The normalized spacial score (nSPS) is 24.1. The van der Waals surface area contributed by atoms with Crippen molar-refractivity contribution >= 4 is 10.0 Å².